The number of alkyl halides is 6. The topological polar surface area (TPSA) is 72.6 Å². The van der Waals surface area contributed by atoms with Crippen molar-refractivity contribution in [2.24, 2.45) is 0 Å². The number of non-ortho nitro benzene ring substituents is 1. The molecule has 1 aliphatic heterocycles. The molecule has 2 unspecified atom stereocenters. The molecule has 0 aromatic heterocycles. The Labute approximate surface area is 199 Å². The fourth-order valence-electron chi connectivity index (χ4n) is 4.34. The highest BCUT2D eigenvalue weighted by Crippen LogP contribution is 2.44. The van der Waals surface area contributed by atoms with E-state index in [1.54, 1.807) is 0 Å². The largest absolute Gasteiger partial charge is 0.493 e. The molecule has 35 heavy (non-hydrogen) atoms. The minimum Gasteiger partial charge on any atom is -0.493 e. The fraction of sp³-hybridized carbons (Fsp3) is 0.455. The van der Waals surface area contributed by atoms with E-state index >= 15 is 0 Å². The Balaban J connectivity index is 2.02. The first-order chi connectivity index (χ1) is 16.0. The van der Waals surface area contributed by atoms with Gasteiger partial charge < -0.3 is 9.84 Å². The first-order valence-corrected chi connectivity index (χ1v) is 10.6. The Morgan fingerprint density at radius 1 is 1.17 bits per heavy atom. The molecule has 13 heteroatoms. The van der Waals surface area contributed by atoms with Crippen LogP contribution in [-0.4, -0.2) is 28.4 Å². The van der Waals surface area contributed by atoms with Crippen LogP contribution in [0.25, 0.3) is 0 Å². The molecule has 0 saturated carbocycles. The van der Waals surface area contributed by atoms with Crippen molar-refractivity contribution >= 4 is 17.3 Å². The average Bonchev–Trinajstić information content (AvgIpc) is 3.16. The summed E-state index contributed by atoms with van der Waals surface area (Å²) in [5, 5.41) is 21.3. The van der Waals surface area contributed by atoms with Crippen molar-refractivity contribution in [3.05, 3.63) is 67.5 Å². The van der Waals surface area contributed by atoms with Crippen molar-refractivity contribution in [1.29, 1.82) is 0 Å². The Bertz CT molecular complexity index is 1140. The van der Waals surface area contributed by atoms with Gasteiger partial charge in [0.05, 0.1) is 34.1 Å². The zero-order valence-corrected chi connectivity index (χ0v) is 18.8. The predicted octanol–water partition coefficient (Wildman–Crippen LogP) is 6.76. The number of ether oxygens (including phenoxy) is 1. The molecule has 0 aliphatic carbocycles. The maximum Gasteiger partial charge on any atom is 0.416 e. The Morgan fingerprint density at radius 2 is 1.83 bits per heavy atom. The standard InChI is InChI=1S/C22H19ClF7NO4/c1-11(16-7-15(31(33)34)5-12-2-3-35-19(12)16)8-20(32,10-21(25,26)27)9-13-4-14(22(28,29)30)6-17(23)18(13)24/h4-7,11,32H,2-3,8-10H2,1H3. The minimum atomic E-state index is -4.96. The molecule has 0 spiro atoms. The van der Waals surface area contributed by atoms with Gasteiger partial charge in [0.1, 0.15) is 11.6 Å². The summed E-state index contributed by atoms with van der Waals surface area (Å²) in [6.45, 7) is 1.58. The van der Waals surface area contributed by atoms with Crippen molar-refractivity contribution in [1.82, 2.24) is 0 Å². The molecule has 0 radical (unpaired) electrons. The van der Waals surface area contributed by atoms with Gasteiger partial charge in [-0.3, -0.25) is 10.1 Å². The fourth-order valence-corrected chi connectivity index (χ4v) is 4.58. The molecule has 5 nitrogen and oxygen atoms in total. The lowest BCUT2D eigenvalue weighted by Gasteiger charge is -2.33. The minimum absolute atomic E-state index is 0.162. The summed E-state index contributed by atoms with van der Waals surface area (Å²) in [6, 6.07) is 3.00. The number of nitro benzene ring substituents is 1. The molecule has 0 amide bonds. The van der Waals surface area contributed by atoms with E-state index in [1.807, 2.05) is 0 Å². The molecule has 192 valence electrons. The van der Waals surface area contributed by atoms with Crippen molar-refractivity contribution in [3.63, 3.8) is 0 Å². The number of nitrogens with zero attached hydrogens (tertiary/aromatic N) is 1. The van der Waals surface area contributed by atoms with Gasteiger partial charge in [-0.15, -0.1) is 0 Å². The lowest BCUT2D eigenvalue weighted by Crippen LogP contribution is -2.38. The first-order valence-electron chi connectivity index (χ1n) is 10.3. The van der Waals surface area contributed by atoms with E-state index in [9.17, 15) is 46.0 Å². The van der Waals surface area contributed by atoms with Crippen molar-refractivity contribution in [2.45, 2.75) is 56.5 Å². The predicted molar refractivity (Wildman–Crippen MR) is 111 cm³/mol. The van der Waals surface area contributed by atoms with E-state index in [4.69, 9.17) is 16.3 Å². The number of aliphatic hydroxyl groups is 1. The van der Waals surface area contributed by atoms with Crippen LogP contribution in [0.2, 0.25) is 5.02 Å². The number of hydrogen-bond acceptors (Lipinski definition) is 4. The van der Waals surface area contributed by atoms with Crippen LogP contribution in [0.15, 0.2) is 24.3 Å². The lowest BCUT2D eigenvalue weighted by molar-refractivity contribution is -0.385. The molecule has 1 heterocycles. The van der Waals surface area contributed by atoms with Gasteiger partial charge in [0.15, 0.2) is 0 Å². The highest BCUT2D eigenvalue weighted by Gasteiger charge is 2.44. The summed E-state index contributed by atoms with van der Waals surface area (Å²) in [7, 11) is 0. The molecule has 0 fully saturated rings. The average molecular weight is 530 g/mol. The van der Waals surface area contributed by atoms with Gasteiger partial charge in [-0.1, -0.05) is 18.5 Å². The van der Waals surface area contributed by atoms with Crippen molar-refractivity contribution < 1.29 is 45.5 Å². The van der Waals surface area contributed by atoms with Crippen LogP contribution >= 0.6 is 11.6 Å². The van der Waals surface area contributed by atoms with Gasteiger partial charge in [-0.05, 0) is 30.0 Å². The quantitative estimate of drug-likeness (QED) is 0.244. The molecular formula is C22H19ClF7NO4. The van der Waals surface area contributed by atoms with Gasteiger partial charge in [-0.25, -0.2) is 4.39 Å². The number of halogens is 8. The summed E-state index contributed by atoms with van der Waals surface area (Å²) >= 11 is 5.54. The number of rotatable bonds is 7. The first kappa shape index (κ1) is 27.0. The van der Waals surface area contributed by atoms with Gasteiger partial charge in [0, 0.05) is 36.1 Å². The number of fused-ring (bicyclic) bond motifs is 1. The molecule has 2 aromatic carbocycles. The van der Waals surface area contributed by atoms with Gasteiger partial charge >= 0.3 is 12.4 Å². The molecular weight excluding hydrogens is 511 g/mol. The van der Waals surface area contributed by atoms with Crippen LogP contribution in [0.4, 0.5) is 36.4 Å². The van der Waals surface area contributed by atoms with Crippen LogP contribution < -0.4 is 4.74 Å². The third-order valence-electron chi connectivity index (χ3n) is 5.70. The Morgan fingerprint density at radius 3 is 2.40 bits per heavy atom. The monoisotopic (exact) mass is 529 g/mol. The summed E-state index contributed by atoms with van der Waals surface area (Å²) in [4.78, 5) is 10.6. The van der Waals surface area contributed by atoms with Gasteiger partial charge in [0.2, 0.25) is 0 Å². The summed E-state index contributed by atoms with van der Waals surface area (Å²) < 4.78 is 99.6. The highest BCUT2D eigenvalue weighted by atomic mass is 35.5. The lowest BCUT2D eigenvalue weighted by atomic mass is 9.80. The third kappa shape index (κ3) is 6.35. The Hall–Kier alpha value is -2.60. The van der Waals surface area contributed by atoms with Crippen LogP contribution in [-0.2, 0) is 19.0 Å². The molecule has 2 atom stereocenters. The maximum absolute atomic E-state index is 14.5. The smallest absolute Gasteiger partial charge is 0.416 e. The van der Waals surface area contributed by atoms with Crippen LogP contribution in [0.1, 0.15) is 47.9 Å². The van der Waals surface area contributed by atoms with Crippen LogP contribution in [0.5, 0.6) is 5.75 Å². The van der Waals surface area contributed by atoms with Gasteiger partial charge in [-0.2, -0.15) is 26.3 Å². The second-order valence-corrected chi connectivity index (χ2v) is 9.01. The molecule has 1 aliphatic rings. The van der Waals surface area contributed by atoms with Gasteiger partial charge in [0.25, 0.3) is 5.69 Å². The highest BCUT2D eigenvalue weighted by molar-refractivity contribution is 6.30. The van der Waals surface area contributed by atoms with E-state index < -0.39 is 70.0 Å². The zero-order valence-electron chi connectivity index (χ0n) is 18.1. The molecule has 0 saturated heterocycles. The number of nitro groups is 1. The van der Waals surface area contributed by atoms with E-state index in [-0.39, 0.29) is 23.6 Å². The maximum atomic E-state index is 14.5. The van der Waals surface area contributed by atoms with E-state index in [2.05, 4.69) is 0 Å². The van der Waals surface area contributed by atoms with Crippen LogP contribution in [0.3, 0.4) is 0 Å². The van der Waals surface area contributed by atoms with Crippen LogP contribution in [0, 0.1) is 15.9 Å². The van der Waals surface area contributed by atoms with E-state index in [0.717, 1.165) is 6.07 Å². The number of hydrogen-bond donors (Lipinski definition) is 1. The van der Waals surface area contributed by atoms with E-state index in [1.165, 1.54) is 13.0 Å². The second kappa shape index (κ2) is 9.45. The normalized spacial score (nSPS) is 16.4. The number of benzene rings is 2. The van der Waals surface area contributed by atoms with Crippen molar-refractivity contribution in [3.8, 4) is 5.75 Å². The summed E-state index contributed by atoms with van der Waals surface area (Å²) in [5.41, 5.74) is -4.69. The molecule has 1 N–H and O–H groups in total. The zero-order chi connectivity index (χ0) is 26.3. The molecule has 2 aromatic rings. The molecule has 3 rings (SSSR count). The Kier molecular flexibility index (Phi) is 7.29. The van der Waals surface area contributed by atoms with E-state index in [0.29, 0.717) is 24.1 Å². The molecule has 0 bridgehead atoms. The SMILES string of the molecule is CC(CC(O)(Cc1cc(C(F)(F)F)cc(Cl)c1F)CC(F)(F)F)c1cc([N+](=O)[O-])cc2c1OCC2. The second-order valence-electron chi connectivity index (χ2n) is 8.61. The summed E-state index contributed by atoms with van der Waals surface area (Å²) in [6.07, 6.45) is -13.3. The van der Waals surface area contributed by atoms with Crippen molar-refractivity contribution in [2.75, 3.05) is 6.61 Å². The summed E-state index contributed by atoms with van der Waals surface area (Å²) in [5.74, 6) is -2.11. The third-order valence-corrected chi connectivity index (χ3v) is 5.98.